The highest BCUT2D eigenvalue weighted by atomic mass is 15.2. The molecule has 0 heterocycles. The first-order valence-corrected chi connectivity index (χ1v) is 16.0. The minimum Gasteiger partial charge on any atom is -0.330 e. The highest BCUT2D eigenvalue weighted by molar-refractivity contribution is 5.23. The SMILES string of the molecule is Cc1ccc(C)cc1.Cc1ccc(CC(C)CN)cc1.Cc1ccc(CC(CN(C)CCN)CN(CCN)CCN)cc1. The fraction of sp³-hybridized carbons (Fsp3) is 0.514. The highest BCUT2D eigenvalue weighted by Gasteiger charge is 2.16. The number of likely N-dealkylation sites (N-methyl/N-ethyl adjacent to an activating group) is 1. The Morgan fingerprint density at radius 3 is 1.28 bits per heavy atom. The van der Waals surface area contributed by atoms with Gasteiger partial charge in [0.15, 0.2) is 0 Å². The first-order chi connectivity index (χ1) is 20.6. The Balaban J connectivity index is 0.000000380. The van der Waals surface area contributed by atoms with Gasteiger partial charge in [0.1, 0.15) is 0 Å². The molecule has 0 aliphatic carbocycles. The van der Waals surface area contributed by atoms with Gasteiger partial charge in [-0.05, 0) is 77.1 Å². The Kier molecular flexibility index (Phi) is 20.5. The topological polar surface area (TPSA) is 111 Å². The van der Waals surface area contributed by atoms with Crippen molar-refractivity contribution in [3.05, 3.63) is 106 Å². The van der Waals surface area contributed by atoms with Gasteiger partial charge in [-0.2, -0.15) is 0 Å². The Labute approximate surface area is 263 Å². The summed E-state index contributed by atoms with van der Waals surface area (Å²) in [6, 6.07) is 26.0. The van der Waals surface area contributed by atoms with Crippen LogP contribution in [0.25, 0.3) is 0 Å². The largest absolute Gasteiger partial charge is 0.330 e. The number of hydrogen-bond acceptors (Lipinski definition) is 6. The van der Waals surface area contributed by atoms with Crippen molar-refractivity contribution in [2.45, 2.75) is 47.5 Å². The molecule has 0 fully saturated rings. The lowest BCUT2D eigenvalue weighted by molar-refractivity contribution is 0.198. The van der Waals surface area contributed by atoms with Gasteiger partial charge in [-0.25, -0.2) is 0 Å². The lowest BCUT2D eigenvalue weighted by Crippen LogP contribution is -2.41. The second-order valence-corrected chi connectivity index (χ2v) is 12.2. The van der Waals surface area contributed by atoms with Crippen LogP contribution in [0.1, 0.15) is 40.3 Å². The lowest BCUT2D eigenvalue weighted by atomic mass is 9.97. The predicted molar refractivity (Wildman–Crippen MR) is 188 cm³/mol. The number of aryl methyl sites for hydroxylation is 4. The Morgan fingerprint density at radius 1 is 0.535 bits per heavy atom. The fourth-order valence-corrected chi connectivity index (χ4v) is 4.87. The zero-order valence-electron chi connectivity index (χ0n) is 28.1. The summed E-state index contributed by atoms with van der Waals surface area (Å²) in [5.41, 5.74) is 30.8. The zero-order chi connectivity index (χ0) is 32.0. The van der Waals surface area contributed by atoms with Crippen molar-refractivity contribution in [2.24, 2.45) is 34.8 Å². The highest BCUT2D eigenvalue weighted by Crippen LogP contribution is 2.13. The Bertz CT molecular complexity index is 1040. The second kappa shape index (κ2) is 22.9. The molecule has 0 saturated carbocycles. The summed E-state index contributed by atoms with van der Waals surface area (Å²) in [6.07, 6.45) is 2.16. The molecule has 0 aliphatic heterocycles. The molecule has 3 aromatic carbocycles. The van der Waals surface area contributed by atoms with Gasteiger partial charge in [0, 0.05) is 52.4 Å². The van der Waals surface area contributed by atoms with Crippen molar-refractivity contribution in [1.82, 2.24) is 9.80 Å². The van der Waals surface area contributed by atoms with Crippen molar-refractivity contribution in [3.63, 3.8) is 0 Å². The first kappa shape index (κ1) is 38.4. The van der Waals surface area contributed by atoms with Crippen molar-refractivity contribution < 1.29 is 0 Å². The molecule has 8 N–H and O–H groups in total. The summed E-state index contributed by atoms with van der Waals surface area (Å²) in [4.78, 5) is 4.71. The van der Waals surface area contributed by atoms with Gasteiger partial charge in [0.25, 0.3) is 0 Å². The van der Waals surface area contributed by atoms with E-state index in [1.807, 2.05) is 0 Å². The van der Waals surface area contributed by atoms with Gasteiger partial charge in [-0.1, -0.05) is 102 Å². The molecule has 0 spiro atoms. The second-order valence-electron chi connectivity index (χ2n) is 12.2. The van der Waals surface area contributed by atoms with Crippen LogP contribution in [0.4, 0.5) is 0 Å². The number of benzene rings is 3. The minimum atomic E-state index is 0.548. The van der Waals surface area contributed by atoms with E-state index in [-0.39, 0.29) is 0 Å². The van der Waals surface area contributed by atoms with Crippen LogP contribution in [0, 0.1) is 39.5 Å². The van der Waals surface area contributed by atoms with Gasteiger partial charge in [-0.3, -0.25) is 0 Å². The van der Waals surface area contributed by atoms with Gasteiger partial charge in [0.05, 0.1) is 0 Å². The Hall–Kier alpha value is -2.58. The monoisotopic (exact) mass is 591 g/mol. The molecular weight excluding hydrogens is 528 g/mol. The maximum Gasteiger partial charge on any atom is 0.0105 e. The van der Waals surface area contributed by atoms with E-state index in [2.05, 4.69) is 124 Å². The number of nitrogens with zero attached hydrogens (tertiary/aromatic N) is 2. The summed E-state index contributed by atoms with van der Waals surface area (Å²) in [5, 5.41) is 0. The van der Waals surface area contributed by atoms with Crippen LogP contribution in [0.15, 0.2) is 72.8 Å². The van der Waals surface area contributed by atoms with Gasteiger partial charge in [-0.15, -0.1) is 0 Å². The standard InChI is InChI=1S/C18H35N5.C11H17N.C8H10/c1-16-3-5-17(6-4-16)13-18(14-22(2)10-7-19)15-23(11-8-20)12-9-21;1-9-3-5-11(6-4-9)7-10(2)8-12;1-7-3-5-8(2)6-4-7/h3-6,18H,7-15,19-21H2,1-2H3;3-6,10H,7-8,12H2,1-2H3;3-6H,1-2H3. The summed E-state index contributed by atoms with van der Waals surface area (Å²) < 4.78 is 0. The molecule has 3 aromatic rings. The van der Waals surface area contributed by atoms with Crippen LogP contribution in [0.3, 0.4) is 0 Å². The molecule has 0 aromatic heterocycles. The normalized spacial score (nSPS) is 12.3. The minimum absolute atomic E-state index is 0.548. The third-order valence-electron chi connectivity index (χ3n) is 7.46. The van der Waals surface area contributed by atoms with E-state index >= 15 is 0 Å². The van der Waals surface area contributed by atoms with Crippen LogP contribution >= 0.6 is 0 Å². The van der Waals surface area contributed by atoms with E-state index in [0.717, 1.165) is 52.1 Å². The molecule has 0 bridgehead atoms. The maximum atomic E-state index is 5.74. The molecule has 2 atom stereocenters. The van der Waals surface area contributed by atoms with Crippen molar-refractivity contribution >= 4 is 0 Å². The molecular formula is C37H62N6. The van der Waals surface area contributed by atoms with E-state index in [0.29, 0.717) is 31.5 Å². The van der Waals surface area contributed by atoms with E-state index in [1.165, 1.54) is 33.4 Å². The smallest absolute Gasteiger partial charge is 0.0105 e. The molecule has 6 heteroatoms. The summed E-state index contributed by atoms with van der Waals surface area (Å²) in [6.45, 7) is 18.2. The van der Waals surface area contributed by atoms with Crippen LogP contribution in [-0.2, 0) is 12.8 Å². The average Bonchev–Trinajstić information content (AvgIpc) is 2.98. The molecule has 3 rings (SSSR count). The molecule has 2 unspecified atom stereocenters. The molecule has 0 radical (unpaired) electrons. The molecule has 0 amide bonds. The number of hydrogen-bond donors (Lipinski definition) is 4. The van der Waals surface area contributed by atoms with E-state index < -0.39 is 0 Å². The molecule has 6 nitrogen and oxygen atoms in total. The molecule has 0 saturated heterocycles. The summed E-state index contributed by atoms with van der Waals surface area (Å²) >= 11 is 0. The van der Waals surface area contributed by atoms with Crippen molar-refractivity contribution in [2.75, 3.05) is 66.0 Å². The fourth-order valence-electron chi connectivity index (χ4n) is 4.87. The number of rotatable bonds is 15. The van der Waals surface area contributed by atoms with Gasteiger partial charge >= 0.3 is 0 Å². The first-order valence-electron chi connectivity index (χ1n) is 16.0. The van der Waals surface area contributed by atoms with Crippen LogP contribution in [-0.4, -0.2) is 75.8 Å². The van der Waals surface area contributed by atoms with Gasteiger partial charge < -0.3 is 32.7 Å². The van der Waals surface area contributed by atoms with Crippen molar-refractivity contribution in [3.8, 4) is 0 Å². The van der Waals surface area contributed by atoms with E-state index in [4.69, 9.17) is 22.9 Å². The third-order valence-corrected chi connectivity index (χ3v) is 7.46. The quantitative estimate of drug-likeness (QED) is 0.204. The van der Waals surface area contributed by atoms with Crippen LogP contribution in [0.5, 0.6) is 0 Å². The lowest BCUT2D eigenvalue weighted by Gasteiger charge is -2.30. The third kappa shape index (κ3) is 18.6. The average molecular weight is 591 g/mol. The van der Waals surface area contributed by atoms with E-state index in [1.54, 1.807) is 0 Å². The molecule has 240 valence electrons. The van der Waals surface area contributed by atoms with E-state index in [9.17, 15) is 0 Å². The van der Waals surface area contributed by atoms with Gasteiger partial charge in [0.2, 0.25) is 0 Å². The molecule has 43 heavy (non-hydrogen) atoms. The Morgan fingerprint density at radius 2 is 0.907 bits per heavy atom. The maximum absolute atomic E-state index is 5.74. The summed E-state index contributed by atoms with van der Waals surface area (Å²) in [7, 11) is 2.14. The predicted octanol–water partition coefficient (Wildman–Crippen LogP) is 4.70. The van der Waals surface area contributed by atoms with Crippen molar-refractivity contribution in [1.29, 1.82) is 0 Å². The van der Waals surface area contributed by atoms with Crippen LogP contribution < -0.4 is 22.9 Å². The van der Waals surface area contributed by atoms with Crippen LogP contribution in [0.2, 0.25) is 0 Å². The summed E-state index contributed by atoms with van der Waals surface area (Å²) in [5.74, 6) is 1.14. The number of nitrogens with two attached hydrogens (primary N) is 4. The molecule has 0 aliphatic rings. The zero-order valence-corrected chi connectivity index (χ0v) is 28.1.